The van der Waals surface area contributed by atoms with Crippen LogP contribution in [0.25, 0.3) is 0 Å². The number of hydrogen-bond acceptors (Lipinski definition) is 4. The summed E-state index contributed by atoms with van der Waals surface area (Å²) in [6, 6.07) is 5.76. The SMILES string of the molecule is COc1cccc(CNC(C)(C)CO)c1OC. The number of ether oxygens (including phenoxy) is 2. The van der Waals surface area contributed by atoms with E-state index in [1.165, 1.54) is 0 Å². The van der Waals surface area contributed by atoms with Gasteiger partial charge >= 0.3 is 0 Å². The van der Waals surface area contributed by atoms with E-state index in [1.54, 1.807) is 14.2 Å². The van der Waals surface area contributed by atoms with Crippen LogP contribution in [0.15, 0.2) is 18.2 Å². The van der Waals surface area contributed by atoms with Gasteiger partial charge in [-0.3, -0.25) is 0 Å². The predicted octanol–water partition coefficient (Wildman–Crippen LogP) is 1.56. The van der Waals surface area contributed by atoms with E-state index in [0.717, 1.165) is 11.3 Å². The largest absolute Gasteiger partial charge is 0.493 e. The molecule has 96 valence electrons. The first-order valence-electron chi connectivity index (χ1n) is 5.60. The second-order valence-electron chi connectivity index (χ2n) is 4.55. The van der Waals surface area contributed by atoms with Gasteiger partial charge in [0.2, 0.25) is 0 Å². The van der Waals surface area contributed by atoms with Gasteiger partial charge < -0.3 is 19.9 Å². The summed E-state index contributed by atoms with van der Waals surface area (Å²) in [5.74, 6) is 1.45. The van der Waals surface area contributed by atoms with Crippen molar-refractivity contribution in [2.24, 2.45) is 0 Å². The summed E-state index contributed by atoms with van der Waals surface area (Å²) in [4.78, 5) is 0. The van der Waals surface area contributed by atoms with Crippen LogP contribution in [-0.4, -0.2) is 31.5 Å². The summed E-state index contributed by atoms with van der Waals surface area (Å²) in [6.45, 7) is 4.59. The van der Waals surface area contributed by atoms with Crippen LogP contribution in [-0.2, 0) is 6.54 Å². The van der Waals surface area contributed by atoms with Gasteiger partial charge in [-0.2, -0.15) is 0 Å². The molecule has 0 bridgehead atoms. The molecule has 1 aromatic rings. The van der Waals surface area contributed by atoms with Crippen LogP contribution in [0.1, 0.15) is 19.4 Å². The summed E-state index contributed by atoms with van der Waals surface area (Å²) in [7, 11) is 3.24. The lowest BCUT2D eigenvalue weighted by Gasteiger charge is -2.24. The van der Waals surface area contributed by atoms with E-state index < -0.39 is 0 Å². The highest BCUT2D eigenvalue weighted by Gasteiger charge is 2.17. The van der Waals surface area contributed by atoms with Crippen LogP contribution < -0.4 is 14.8 Å². The molecule has 0 heterocycles. The van der Waals surface area contributed by atoms with Gasteiger partial charge in [0.25, 0.3) is 0 Å². The van der Waals surface area contributed by atoms with Crippen LogP contribution in [0.5, 0.6) is 11.5 Å². The normalized spacial score (nSPS) is 11.4. The topological polar surface area (TPSA) is 50.7 Å². The lowest BCUT2D eigenvalue weighted by molar-refractivity contribution is 0.187. The van der Waals surface area contributed by atoms with Gasteiger partial charge in [-0.25, -0.2) is 0 Å². The maximum absolute atomic E-state index is 9.18. The highest BCUT2D eigenvalue weighted by Crippen LogP contribution is 2.30. The molecule has 0 radical (unpaired) electrons. The maximum Gasteiger partial charge on any atom is 0.165 e. The van der Waals surface area contributed by atoms with Crippen molar-refractivity contribution in [3.8, 4) is 11.5 Å². The Labute approximate surface area is 103 Å². The molecule has 17 heavy (non-hydrogen) atoms. The first kappa shape index (κ1) is 13.8. The molecule has 4 heteroatoms. The van der Waals surface area contributed by atoms with E-state index in [2.05, 4.69) is 5.32 Å². The fraction of sp³-hybridized carbons (Fsp3) is 0.538. The lowest BCUT2D eigenvalue weighted by atomic mass is 10.1. The van der Waals surface area contributed by atoms with Crippen molar-refractivity contribution < 1.29 is 14.6 Å². The summed E-state index contributed by atoms with van der Waals surface area (Å²) < 4.78 is 10.6. The van der Waals surface area contributed by atoms with Crippen LogP contribution in [0.4, 0.5) is 0 Å². The standard InChI is InChI=1S/C13H21NO3/c1-13(2,9-15)14-8-10-6-5-7-11(16-3)12(10)17-4/h5-7,14-15H,8-9H2,1-4H3. The molecule has 0 fully saturated rings. The lowest BCUT2D eigenvalue weighted by Crippen LogP contribution is -2.42. The van der Waals surface area contributed by atoms with Gasteiger partial charge in [-0.05, 0) is 19.9 Å². The number of rotatable bonds is 6. The molecule has 0 saturated carbocycles. The highest BCUT2D eigenvalue weighted by atomic mass is 16.5. The quantitative estimate of drug-likeness (QED) is 0.791. The van der Waals surface area contributed by atoms with Gasteiger partial charge in [0.05, 0.1) is 20.8 Å². The molecular formula is C13H21NO3. The summed E-state index contributed by atoms with van der Waals surface area (Å²) >= 11 is 0. The van der Waals surface area contributed by atoms with E-state index in [-0.39, 0.29) is 12.1 Å². The fourth-order valence-electron chi connectivity index (χ4n) is 1.48. The Balaban J connectivity index is 2.84. The minimum absolute atomic E-state index is 0.0826. The number of aliphatic hydroxyl groups excluding tert-OH is 1. The van der Waals surface area contributed by atoms with E-state index in [4.69, 9.17) is 9.47 Å². The summed E-state index contributed by atoms with van der Waals surface area (Å²) in [5.41, 5.74) is 0.696. The Morgan fingerprint density at radius 2 is 1.94 bits per heavy atom. The number of nitrogens with one attached hydrogen (secondary N) is 1. The summed E-state index contributed by atoms with van der Waals surface area (Å²) in [5, 5.41) is 12.4. The second kappa shape index (κ2) is 5.89. The van der Waals surface area contributed by atoms with E-state index in [0.29, 0.717) is 12.3 Å². The van der Waals surface area contributed by atoms with Crippen molar-refractivity contribution >= 4 is 0 Å². The smallest absolute Gasteiger partial charge is 0.165 e. The third-order valence-electron chi connectivity index (χ3n) is 2.64. The van der Waals surface area contributed by atoms with Crippen LogP contribution in [0.3, 0.4) is 0 Å². The second-order valence-corrected chi connectivity index (χ2v) is 4.55. The Hall–Kier alpha value is -1.26. The van der Waals surface area contributed by atoms with Crippen LogP contribution >= 0.6 is 0 Å². The van der Waals surface area contributed by atoms with E-state index in [1.807, 2.05) is 32.0 Å². The maximum atomic E-state index is 9.18. The molecular weight excluding hydrogens is 218 g/mol. The van der Waals surface area contributed by atoms with Gasteiger partial charge in [-0.15, -0.1) is 0 Å². The van der Waals surface area contributed by atoms with Gasteiger partial charge in [-0.1, -0.05) is 12.1 Å². The molecule has 0 amide bonds. The summed E-state index contributed by atoms with van der Waals surface area (Å²) in [6.07, 6.45) is 0. The molecule has 1 aromatic carbocycles. The molecule has 0 unspecified atom stereocenters. The molecule has 4 nitrogen and oxygen atoms in total. The van der Waals surface area contributed by atoms with E-state index >= 15 is 0 Å². The molecule has 1 rings (SSSR count). The monoisotopic (exact) mass is 239 g/mol. The molecule has 0 atom stereocenters. The first-order valence-corrected chi connectivity index (χ1v) is 5.60. The highest BCUT2D eigenvalue weighted by molar-refractivity contribution is 5.46. The molecule has 0 aromatic heterocycles. The zero-order valence-corrected chi connectivity index (χ0v) is 10.9. The number of para-hydroxylation sites is 1. The Morgan fingerprint density at radius 3 is 2.47 bits per heavy atom. The van der Waals surface area contributed by atoms with Crippen LogP contribution in [0.2, 0.25) is 0 Å². The predicted molar refractivity (Wildman–Crippen MR) is 67.6 cm³/mol. The Morgan fingerprint density at radius 1 is 1.24 bits per heavy atom. The molecule has 0 aliphatic carbocycles. The van der Waals surface area contributed by atoms with E-state index in [9.17, 15) is 5.11 Å². The first-order chi connectivity index (χ1) is 8.04. The van der Waals surface area contributed by atoms with Crippen LogP contribution in [0, 0.1) is 0 Å². The third-order valence-corrected chi connectivity index (χ3v) is 2.64. The molecule has 0 aliphatic heterocycles. The zero-order chi connectivity index (χ0) is 12.9. The van der Waals surface area contributed by atoms with Crippen molar-refractivity contribution in [1.82, 2.24) is 5.32 Å². The van der Waals surface area contributed by atoms with Gasteiger partial charge in [0, 0.05) is 17.6 Å². The average Bonchev–Trinajstić information content (AvgIpc) is 2.35. The van der Waals surface area contributed by atoms with Gasteiger partial charge in [0.15, 0.2) is 11.5 Å². The Bertz CT molecular complexity index is 364. The Kier molecular flexibility index (Phi) is 4.78. The van der Waals surface area contributed by atoms with Crippen molar-refractivity contribution in [3.05, 3.63) is 23.8 Å². The minimum Gasteiger partial charge on any atom is -0.493 e. The number of aliphatic hydroxyl groups is 1. The average molecular weight is 239 g/mol. The third kappa shape index (κ3) is 3.61. The fourth-order valence-corrected chi connectivity index (χ4v) is 1.48. The van der Waals surface area contributed by atoms with Crippen molar-refractivity contribution in [3.63, 3.8) is 0 Å². The molecule has 2 N–H and O–H groups in total. The minimum atomic E-state index is -0.311. The number of benzene rings is 1. The number of hydrogen-bond donors (Lipinski definition) is 2. The van der Waals surface area contributed by atoms with Gasteiger partial charge in [0.1, 0.15) is 0 Å². The molecule has 0 spiro atoms. The van der Waals surface area contributed by atoms with Crippen molar-refractivity contribution in [2.45, 2.75) is 25.9 Å². The zero-order valence-electron chi connectivity index (χ0n) is 10.9. The van der Waals surface area contributed by atoms with Crippen molar-refractivity contribution in [1.29, 1.82) is 0 Å². The number of methoxy groups -OCH3 is 2. The molecule has 0 aliphatic rings. The molecule has 0 saturated heterocycles. The van der Waals surface area contributed by atoms with Crippen molar-refractivity contribution in [2.75, 3.05) is 20.8 Å².